The lowest BCUT2D eigenvalue weighted by molar-refractivity contribution is 0.272. The average Bonchev–Trinajstić information content (AvgIpc) is 2.74. The van der Waals surface area contributed by atoms with Gasteiger partial charge in [0.25, 0.3) is 0 Å². The van der Waals surface area contributed by atoms with Gasteiger partial charge in [-0.15, -0.1) is 5.10 Å². The maximum Gasteiger partial charge on any atom is 0.112 e. The van der Waals surface area contributed by atoms with E-state index in [1.807, 2.05) is 4.68 Å². The Balaban J connectivity index is 2.14. The molecule has 2 aromatic rings. The quantitative estimate of drug-likeness (QED) is 0.919. The van der Waals surface area contributed by atoms with Crippen molar-refractivity contribution in [1.29, 1.82) is 0 Å². The molecular weight excluding hydrogens is 238 g/mol. The van der Waals surface area contributed by atoms with Crippen molar-refractivity contribution in [3.8, 4) is 5.69 Å². The Kier molecular flexibility index (Phi) is 3.11. The van der Waals surface area contributed by atoms with E-state index in [4.69, 9.17) is 0 Å². The lowest BCUT2D eigenvalue weighted by Crippen LogP contribution is -2.16. The molecule has 1 aromatic heterocycles. The Bertz CT molecular complexity index is 599. The number of aliphatic hydroxyl groups excluding tert-OH is 1. The topological polar surface area (TPSA) is 50.9 Å². The van der Waals surface area contributed by atoms with Crippen molar-refractivity contribution in [3.05, 3.63) is 40.7 Å². The van der Waals surface area contributed by atoms with E-state index in [1.54, 1.807) is 0 Å². The third-order valence-electron chi connectivity index (χ3n) is 4.01. The van der Waals surface area contributed by atoms with E-state index in [0.717, 1.165) is 17.1 Å². The van der Waals surface area contributed by atoms with E-state index in [2.05, 4.69) is 42.4 Å². The molecule has 1 heterocycles. The summed E-state index contributed by atoms with van der Waals surface area (Å²) >= 11 is 0. The van der Waals surface area contributed by atoms with Crippen molar-refractivity contribution >= 4 is 0 Å². The van der Waals surface area contributed by atoms with E-state index < -0.39 is 0 Å². The molecule has 4 heteroatoms. The van der Waals surface area contributed by atoms with Crippen LogP contribution in [0.2, 0.25) is 0 Å². The average molecular weight is 257 g/mol. The molecule has 0 amide bonds. The normalized spacial score (nSPS) is 15.5. The van der Waals surface area contributed by atoms with Crippen LogP contribution in [-0.2, 0) is 6.61 Å². The van der Waals surface area contributed by atoms with Gasteiger partial charge in [-0.3, -0.25) is 0 Å². The fraction of sp³-hybridized carbons (Fsp3) is 0.467. The van der Waals surface area contributed by atoms with Gasteiger partial charge >= 0.3 is 0 Å². The maximum atomic E-state index is 9.46. The second-order valence-corrected chi connectivity index (χ2v) is 5.41. The highest BCUT2D eigenvalue weighted by Crippen LogP contribution is 2.38. The minimum Gasteiger partial charge on any atom is -0.390 e. The summed E-state index contributed by atoms with van der Waals surface area (Å²) in [4.78, 5) is 0. The number of nitrogens with zero attached hydrogens (tertiary/aromatic N) is 3. The van der Waals surface area contributed by atoms with Crippen LogP contribution in [0.25, 0.3) is 5.69 Å². The van der Waals surface area contributed by atoms with E-state index in [0.29, 0.717) is 5.92 Å². The first-order valence-electron chi connectivity index (χ1n) is 6.83. The van der Waals surface area contributed by atoms with Gasteiger partial charge in [-0.25, -0.2) is 4.68 Å². The van der Waals surface area contributed by atoms with Gasteiger partial charge in [0.1, 0.15) is 5.69 Å². The molecule has 1 N–H and O–H groups in total. The van der Waals surface area contributed by atoms with Crippen molar-refractivity contribution < 1.29 is 5.11 Å². The third-order valence-corrected chi connectivity index (χ3v) is 4.01. The number of aryl methyl sites for hydroxylation is 2. The van der Waals surface area contributed by atoms with Crippen LogP contribution in [-0.4, -0.2) is 20.1 Å². The molecule has 1 aliphatic rings. The van der Waals surface area contributed by atoms with Gasteiger partial charge < -0.3 is 5.11 Å². The number of hydrogen-bond donors (Lipinski definition) is 1. The monoisotopic (exact) mass is 257 g/mol. The summed E-state index contributed by atoms with van der Waals surface area (Å²) < 4.78 is 1.93. The number of rotatable bonds is 3. The largest absolute Gasteiger partial charge is 0.390 e. The van der Waals surface area contributed by atoms with Crippen LogP contribution in [0.15, 0.2) is 18.2 Å². The van der Waals surface area contributed by atoms with E-state index in [1.165, 1.54) is 30.4 Å². The molecule has 3 rings (SSSR count). The van der Waals surface area contributed by atoms with E-state index in [-0.39, 0.29) is 6.61 Å². The van der Waals surface area contributed by atoms with Gasteiger partial charge in [-0.05, 0) is 43.9 Å². The minimum atomic E-state index is -0.0311. The molecule has 0 aliphatic heterocycles. The zero-order valence-electron chi connectivity index (χ0n) is 11.4. The van der Waals surface area contributed by atoms with Gasteiger partial charge in [0.15, 0.2) is 0 Å². The summed E-state index contributed by atoms with van der Waals surface area (Å²) in [5.41, 5.74) is 5.30. The number of hydrogen-bond acceptors (Lipinski definition) is 3. The Morgan fingerprint density at radius 1 is 1.32 bits per heavy atom. The molecule has 1 fully saturated rings. The van der Waals surface area contributed by atoms with Crippen molar-refractivity contribution in [3.63, 3.8) is 0 Å². The molecule has 0 saturated heterocycles. The first-order chi connectivity index (χ1) is 9.20. The number of benzene rings is 1. The first kappa shape index (κ1) is 12.4. The van der Waals surface area contributed by atoms with Crippen LogP contribution in [0.4, 0.5) is 0 Å². The van der Waals surface area contributed by atoms with Gasteiger partial charge in [-0.2, -0.15) is 0 Å². The first-order valence-corrected chi connectivity index (χ1v) is 6.83. The Morgan fingerprint density at radius 2 is 2.11 bits per heavy atom. The van der Waals surface area contributed by atoms with Crippen molar-refractivity contribution in [1.82, 2.24) is 15.0 Å². The molecule has 1 aromatic carbocycles. The summed E-state index contributed by atoms with van der Waals surface area (Å²) in [6.45, 7) is 4.13. The van der Waals surface area contributed by atoms with Crippen molar-refractivity contribution in [2.45, 2.75) is 45.6 Å². The van der Waals surface area contributed by atoms with Gasteiger partial charge in [0, 0.05) is 5.92 Å². The highest BCUT2D eigenvalue weighted by Gasteiger charge is 2.28. The van der Waals surface area contributed by atoms with Crippen LogP contribution in [0.1, 0.15) is 47.7 Å². The van der Waals surface area contributed by atoms with Crippen LogP contribution in [0.3, 0.4) is 0 Å². The Morgan fingerprint density at radius 3 is 2.74 bits per heavy atom. The molecule has 4 nitrogen and oxygen atoms in total. The lowest BCUT2D eigenvalue weighted by Gasteiger charge is -2.26. The van der Waals surface area contributed by atoms with E-state index >= 15 is 0 Å². The Labute approximate surface area is 113 Å². The van der Waals surface area contributed by atoms with Crippen LogP contribution in [0.5, 0.6) is 0 Å². The summed E-state index contributed by atoms with van der Waals surface area (Å²) in [7, 11) is 0. The smallest absolute Gasteiger partial charge is 0.112 e. The predicted octanol–water partition coefficient (Wildman–Crippen LogP) is 2.64. The van der Waals surface area contributed by atoms with Crippen LogP contribution in [0, 0.1) is 13.8 Å². The summed E-state index contributed by atoms with van der Waals surface area (Å²) in [5, 5.41) is 17.9. The highest BCUT2D eigenvalue weighted by molar-refractivity contribution is 5.44. The lowest BCUT2D eigenvalue weighted by atomic mass is 9.82. The van der Waals surface area contributed by atoms with Gasteiger partial charge in [0.05, 0.1) is 18.0 Å². The molecule has 0 atom stereocenters. The third kappa shape index (κ3) is 2.06. The summed E-state index contributed by atoms with van der Waals surface area (Å²) in [6, 6.07) is 6.34. The highest BCUT2D eigenvalue weighted by atomic mass is 16.3. The van der Waals surface area contributed by atoms with Gasteiger partial charge in [-0.1, -0.05) is 23.8 Å². The molecule has 1 saturated carbocycles. The van der Waals surface area contributed by atoms with Crippen molar-refractivity contribution in [2.75, 3.05) is 0 Å². The molecule has 19 heavy (non-hydrogen) atoms. The zero-order chi connectivity index (χ0) is 13.4. The Hall–Kier alpha value is -1.68. The van der Waals surface area contributed by atoms with Crippen LogP contribution < -0.4 is 0 Å². The number of aliphatic hydroxyl groups is 1. The van der Waals surface area contributed by atoms with Crippen molar-refractivity contribution in [2.24, 2.45) is 0 Å². The van der Waals surface area contributed by atoms with Crippen LogP contribution >= 0.6 is 0 Å². The fourth-order valence-corrected chi connectivity index (χ4v) is 2.65. The molecule has 0 unspecified atom stereocenters. The summed E-state index contributed by atoms with van der Waals surface area (Å²) in [6.07, 6.45) is 3.60. The molecular formula is C15H19N3O. The predicted molar refractivity (Wildman–Crippen MR) is 73.3 cm³/mol. The number of aromatic nitrogens is 3. The second kappa shape index (κ2) is 4.78. The maximum absolute atomic E-state index is 9.46. The minimum absolute atomic E-state index is 0.0311. The molecule has 0 spiro atoms. The van der Waals surface area contributed by atoms with E-state index in [9.17, 15) is 5.11 Å². The second-order valence-electron chi connectivity index (χ2n) is 5.41. The fourth-order valence-electron chi connectivity index (χ4n) is 2.65. The zero-order valence-corrected chi connectivity index (χ0v) is 11.4. The van der Waals surface area contributed by atoms with Gasteiger partial charge in [0.2, 0.25) is 0 Å². The molecule has 0 radical (unpaired) electrons. The SMILES string of the molecule is Cc1ccc(C)c(-n2nnc(CO)c2C2CCC2)c1. The molecule has 100 valence electrons. The summed E-state index contributed by atoms with van der Waals surface area (Å²) in [5.74, 6) is 0.497. The molecule has 1 aliphatic carbocycles. The molecule has 0 bridgehead atoms. The standard InChI is InChI=1S/C15H19N3O/c1-10-6-7-11(2)14(8-10)18-15(12-4-3-5-12)13(9-19)16-17-18/h6-8,12,19H,3-5,9H2,1-2H3.